The van der Waals surface area contributed by atoms with Gasteiger partial charge < -0.3 is 10.1 Å². The molecule has 0 saturated carbocycles. The molecule has 0 amide bonds. The van der Waals surface area contributed by atoms with Crippen LogP contribution in [-0.2, 0) is 11.3 Å². The molecule has 116 valence electrons. The minimum Gasteiger partial charge on any atom is -0.379 e. The van der Waals surface area contributed by atoms with Gasteiger partial charge in [-0.25, -0.2) is 0 Å². The second-order valence-corrected chi connectivity index (χ2v) is 6.04. The van der Waals surface area contributed by atoms with Crippen LogP contribution in [0.1, 0.15) is 63.5 Å². The smallest absolute Gasteiger partial charge is 0.0644 e. The number of aromatic nitrogens is 2. The van der Waals surface area contributed by atoms with Crippen molar-refractivity contribution in [3.63, 3.8) is 0 Å². The number of nitrogens with one attached hydrogen (secondary N) is 1. The van der Waals surface area contributed by atoms with Crippen LogP contribution in [0.15, 0.2) is 0 Å². The van der Waals surface area contributed by atoms with Crippen LogP contribution in [0.2, 0.25) is 0 Å². The summed E-state index contributed by atoms with van der Waals surface area (Å²) in [6, 6.07) is 0.407. The molecule has 0 radical (unpaired) electrons. The Morgan fingerprint density at radius 1 is 1.30 bits per heavy atom. The van der Waals surface area contributed by atoms with Gasteiger partial charge in [-0.1, -0.05) is 13.8 Å². The molecule has 0 fully saturated rings. The Morgan fingerprint density at radius 2 is 1.95 bits per heavy atom. The fraction of sp³-hybridized carbons (Fsp3) is 0.812. The monoisotopic (exact) mass is 281 g/mol. The maximum Gasteiger partial charge on any atom is 0.0644 e. The lowest BCUT2D eigenvalue weighted by molar-refractivity contribution is 0.0112. The van der Waals surface area contributed by atoms with E-state index in [0.29, 0.717) is 6.04 Å². The molecule has 0 aromatic carbocycles. The third kappa shape index (κ3) is 4.06. The van der Waals surface area contributed by atoms with E-state index in [-0.39, 0.29) is 5.60 Å². The highest BCUT2D eigenvalue weighted by Crippen LogP contribution is 2.25. The number of rotatable bonds is 8. The molecule has 1 N–H and O–H groups in total. The summed E-state index contributed by atoms with van der Waals surface area (Å²) in [6.07, 6.45) is 2.05. The maximum atomic E-state index is 5.49. The van der Waals surface area contributed by atoms with Gasteiger partial charge in [0, 0.05) is 31.0 Å². The molecule has 4 nitrogen and oxygen atoms in total. The zero-order valence-corrected chi connectivity index (χ0v) is 14.2. The highest BCUT2D eigenvalue weighted by molar-refractivity contribution is 5.28. The molecular formula is C16H31N3O. The maximum absolute atomic E-state index is 5.49. The summed E-state index contributed by atoms with van der Waals surface area (Å²) >= 11 is 0. The lowest BCUT2D eigenvalue weighted by atomic mass is 10.0. The summed E-state index contributed by atoms with van der Waals surface area (Å²) in [4.78, 5) is 0. The molecule has 0 aliphatic carbocycles. The van der Waals surface area contributed by atoms with E-state index in [4.69, 9.17) is 9.84 Å². The Bertz CT molecular complexity index is 424. The average Bonchev–Trinajstić information content (AvgIpc) is 2.69. The van der Waals surface area contributed by atoms with Crippen molar-refractivity contribution >= 4 is 0 Å². The first-order valence-corrected chi connectivity index (χ1v) is 7.68. The standard InChI is InChI=1S/C16H31N3O/c1-8-14(17-9-2)15-12(3)18-19(13(15)4)11-10-16(5,6)20-7/h14,17H,8-11H2,1-7H3. The molecule has 0 bridgehead atoms. The van der Waals surface area contributed by atoms with E-state index in [2.05, 4.69) is 51.5 Å². The first kappa shape index (κ1) is 17.2. The highest BCUT2D eigenvalue weighted by atomic mass is 16.5. The normalized spacial score (nSPS) is 13.8. The molecule has 1 heterocycles. The van der Waals surface area contributed by atoms with Gasteiger partial charge in [-0.2, -0.15) is 5.10 Å². The van der Waals surface area contributed by atoms with Crippen molar-refractivity contribution in [3.8, 4) is 0 Å². The predicted molar refractivity (Wildman–Crippen MR) is 84.1 cm³/mol. The van der Waals surface area contributed by atoms with Crippen LogP contribution in [0.25, 0.3) is 0 Å². The SMILES string of the molecule is CCNC(CC)c1c(C)nn(CCC(C)(C)OC)c1C. The quantitative estimate of drug-likeness (QED) is 0.794. The number of hydrogen-bond acceptors (Lipinski definition) is 3. The molecule has 0 aliphatic rings. The zero-order valence-electron chi connectivity index (χ0n) is 14.2. The Labute approximate surface area is 123 Å². The summed E-state index contributed by atoms with van der Waals surface area (Å²) in [6.45, 7) is 14.8. The molecule has 1 atom stereocenters. The van der Waals surface area contributed by atoms with E-state index in [1.807, 2.05) is 0 Å². The Kier molecular flexibility index (Phi) is 6.21. The van der Waals surface area contributed by atoms with Gasteiger partial charge in [-0.05, 0) is 47.1 Å². The fourth-order valence-electron chi connectivity index (χ4n) is 2.61. The Hall–Kier alpha value is -0.870. The van der Waals surface area contributed by atoms with E-state index >= 15 is 0 Å². The van der Waals surface area contributed by atoms with Gasteiger partial charge in [0.15, 0.2) is 0 Å². The lowest BCUT2D eigenvalue weighted by Gasteiger charge is -2.23. The molecule has 1 aromatic rings. The van der Waals surface area contributed by atoms with Gasteiger partial charge in [0.1, 0.15) is 0 Å². The minimum atomic E-state index is -0.0989. The van der Waals surface area contributed by atoms with Crippen molar-refractivity contribution in [2.45, 2.75) is 72.6 Å². The topological polar surface area (TPSA) is 39.1 Å². The van der Waals surface area contributed by atoms with Gasteiger partial charge in [0.25, 0.3) is 0 Å². The summed E-state index contributed by atoms with van der Waals surface area (Å²) in [7, 11) is 1.77. The second kappa shape index (κ2) is 7.23. The van der Waals surface area contributed by atoms with Crippen LogP contribution in [0.5, 0.6) is 0 Å². The number of hydrogen-bond donors (Lipinski definition) is 1. The largest absolute Gasteiger partial charge is 0.379 e. The van der Waals surface area contributed by atoms with Crippen LogP contribution in [0.4, 0.5) is 0 Å². The summed E-state index contributed by atoms with van der Waals surface area (Å²) in [5.74, 6) is 0. The Balaban J connectivity index is 2.91. The second-order valence-electron chi connectivity index (χ2n) is 6.04. The van der Waals surface area contributed by atoms with Crippen molar-refractivity contribution < 1.29 is 4.74 Å². The first-order valence-electron chi connectivity index (χ1n) is 7.68. The molecule has 0 saturated heterocycles. The number of ether oxygens (including phenoxy) is 1. The van der Waals surface area contributed by atoms with Crippen molar-refractivity contribution in [2.24, 2.45) is 0 Å². The lowest BCUT2D eigenvalue weighted by Crippen LogP contribution is -2.25. The molecule has 0 spiro atoms. The minimum absolute atomic E-state index is 0.0989. The van der Waals surface area contributed by atoms with Gasteiger partial charge in [0.2, 0.25) is 0 Å². The average molecular weight is 281 g/mol. The van der Waals surface area contributed by atoms with Crippen molar-refractivity contribution in [1.82, 2.24) is 15.1 Å². The van der Waals surface area contributed by atoms with E-state index in [1.54, 1.807) is 7.11 Å². The molecular weight excluding hydrogens is 250 g/mol. The van der Waals surface area contributed by atoms with Crippen molar-refractivity contribution in [2.75, 3.05) is 13.7 Å². The molecule has 1 aromatic heterocycles. The van der Waals surface area contributed by atoms with Gasteiger partial charge in [-0.3, -0.25) is 4.68 Å². The number of methoxy groups -OCH3 is 1. The zero-order chi connectivity index (χ0) is 15.3. The molecule has 1 rings (SSSR count). The van der Waals surface area contributed by atoms with Gasteiger partial charge in [-0.15, -0.1) is 0 Å². The van der Waals surface area contributed by atoms with Crippen LogP contribution < -0.4 is 5.32 Å². The van der Waals surface area contributed by atoms with Crippen LogP contribution in [0, 0.1) is 13.8 Å². The Morgan fingerprint density at radius 3 is 2.45 bits per heavy atom. The number of aryl methyl sites for hydroxylation is 2. The molecule has 1 unspecified atom stereocenters. The van der Waals surface area contributed by atoms with E-state index < -0.39 is 0 Å². The van der Waals surface area contributed by atoms with E-state index in [1.165, 1.54) is 11.3 Å². The van der Waals surface area contributed by atoms with Crippen molar-refractivity contribution in [1.29, 1.82) is 0 Å². The summed E-state index contributed by atoms with van der Waals surface area (Å²) < 4.78 is 7.62. The molecule has 4 heteroatoms. The third-order valence-electron chi connectivity index (χ3n) is 4.12. The van der Waals surface area contributed by atoms with E-state index in [0.717, 1.165) is 31.6 Å². The molecule has 20 heavy (non-hydrogen) atoms. The first-order chi connectivity index (χ1) is 9.36. The highest BCUT2D eigenvalue weighted by Gasteiger charge is 2.21. The van der Waals surface area contributed by atoms with Crippen LogP contribution in [0.3, 0.4) is 0 Å². The van der Waals surface area contributed by atoms with Crippen LogP contribution >= 0.6 is 0 Å². The van der Waals surface area contributed by atoms with Gasteiger partial charge in [0.05, 0.1) is 11.3 Å². The number of nitrogens with zero attached hydrogens (tertiary/aromatic N) is 2. The van der Waals surface area contributed by atoms with Gasteiger partial charge >= 0.3 is 0 Å². The summed E-state index contributed by atoms with van der Waals surface area (Å²) in [5, 5.41) is 8.27. The summed E-state index contributed by atoms with van der Waals surface area (Å²) in [5.41, 5.74) is 3.69. The predicted octanol–water partition coefficient (Wildman–Crippen LogP) is 3.38. The van der Waals surface area contributed by atoms with Crippen LogP contribution in [-0.4, -0.2) is 29.0 Å². The van der Waals surface area contributed by atoms with Crippen molar-refractivity contribution in [3.05, 3.63) is 17.0 Å². The van der Waals surface area contributed by atoms with E-state index in [9.17, 15) is 0 Å². The molecule has 0 aliphatic heterocycles. The third-order valence-corrected chi connectivity index (χ3v) is 4.12. The fourth-order valence-corrected chi connectivity index (χ4v) is 2.61.